The van der Waals surface area contributed by atoms with Crippen molar-refractivity contribution in [2.45, 2.75) is 38.8 Å². The molecule has 4 rings (SSSR count). The van der Waals surface area contributed by atoms with Crippen molar-refractivity contribution in [2.75, 3.05) is 26.2 Å². The predicted molar refractivity (Wildman–Crippen MR) is 107 cm³/mol. The van der Waals surface area contributed by atoms with Crippen LogP contribution in [-0.2, 0) is 6.54 Å². The third kappa shape index (κ3) is 4.33. The van der Waals surface area contributed by atoms with Gasteiger partial charge in [-0.2, -0.15) is 0 Å². The molecule has 2 aromatic rings. The second-order valence-corrected chi connectivity index (χ2v) is 7.75. The van der Waals surface area contributed by atoms with Gasteiger partial charge < -0.3 is 9.64 Å². The maximum atomic E-state index is 12.7. The molecular weight excluding hydrogens is 336 g/mol. The first kappa shape index (κ1) is 18.1. The van der Waals surface area contributed by atoms with Gasteiger partial charge in [0.05, 0.1) is 13.1 Å². The Kier molecular flexibility index (Phi) is 5.44. The van der Waals surface area contributed by atoms with E-state index >= 15 is 0 Å². The molecule has 2 aliphatic rings. The van der Waals surface area contributed by atoms with Crippen LogP contribution in [0.1, 0.15) is 40.7 Å². The largest absolute Gasteiger partial charge is 0.486 e. The summed E-state index contributed by atoms with van der Waals surface area (Å²) in [6.07, 6.45) is 4.05. The number of piperidine rings is 1. The Morgan fingerprint density at radius 2 is 1.70 bits per heavy atom. The Morgan fingerprint density at radius 1 is 1.00 bits per heavy atom. The van der Waals surface area contributed by atoms with Gasteiger partial charge >= 0.3 is 0 Å². The number of hydrogen-bond donors (Lipinski definition) is 0. The molecule has 1 amide bonds. The average molecular weight is 364 g/mol. The number of nitrogens with zero attached hydrogens (tertiary/aromatic N) is 2. The van der Waals surface area contributed by atoms with Crippen molar-refractivity contribution >= 4 is 5.91 Å². The van der Waals surface area contributed by atoms with Crippen molar-refractivity contribution < 1.29 is 9.53 Å². The van der Waals surface area contributed by atoms with Gasteiger partial charge in [-0.15, -0.1) is 0 Å². The summed E-state index contributed by atoms with van der Waals surface area (Å²) in [5, 5.41) is 0. The fourth-order valence-corrected chi connectivity index (χ4v) is 3.86. The second kappa shape index (κ2) is 8.13. The number of hydrogen-bond acceptors (Lipinski definition) is 3. The number of carbonyl (C=O) groups excluding carboxylic acids is 1. The van der Waals surface area contributed by atoms with Crippen molar-refractivity contribution in [3.05, 3.63) is 65.2 Å². The lowest BCUT2D eigenvalue weighted by Crippen LogP contribution is -2.56. The number of para-hydroxylation sites is 1. The summed E-state index contributed by atoms with van der Waals surface area (Å²) < 4.78 is 6.00. The molecule has 4 nitrogen and oxygen atoms in total. The first-order valence-corrected chi connectivity index (χ1v) is 10.0. The van der Waals surface area contributed by atoms with E-state index in [4.69, 9.17) is 4.74 Å². The zero-order valence-electron chi connectivity index (χ0n) is 16.1. The van der Waals surface area contributed by atoms with Crippen LogP contribution in [0, 0.1) is 6.92 Å². The molecule has 2 saturated heterocycles. The molecule has 0 atom stereocenters. The number of ether oxygens (including phenoxy) is 1. The lowest BCUT2D eigenvalue weighted by atomic mass is 10.1. The molecular formula is C23H28N2O2. The number of carbonyl (C=O) groups is 1. The molecule has 0 aliphatic carbocycles. The summed E-state index contributed by atoms with van der Waals surface area (Å²) in [7, 11) is 0. The average Bonchev–Trinajstić information content (AvgIpc) is 2.67. The smallest absolute Gasteiger partial charge is 0.254 e. The van der Waals surface area contributed by atoms with Gasteiger partial charge in [-0.05, 0) is 62.2 Å². The highest BCUT2D eigenvalue weighted by Gasteiger charge is 2.33. The topological polar surface area (TPSA) is 32.8 Å². The fraction of sp³-hybridized carbons (Fsp3) is 0.435. The lowest BCUT2D eigenvalue weighted by Gasteiger charge is -2.39. The Balaban J connectivity index is 1.28. The summed E-state index contributed by atoms with van der Waals surface area (Å²) >= 11 is 0. The van der Waals surface area contributed by atoms with Gasteiger partial charge in [-0.1, -0.05) is 36.8 Å². The molecule has 2 aliphatic heterocycles. The van der Waals surface area contributed by atoms with Crippen LogP contribution in [0.3, 0.4) is 0 Å². The lowest BCUT2D eigenvalue weighted by molar-refractivity contribution is 0.0175. The van der Waals surface area contributed by atoms with Gasteiger partial charge in [0, 0.05) is 12.1 Å². The number of aryl methyl sites for hydroxylation is 1. The van der Waals surface area contributed by atoms with Gasteiger partial charge in [0.2, 0.25) is 0 Å². The van der Waals surface area contributed by atoms with Crippen molar-refractivity contribution in [1.82, 2.24) is 9.80 Å². The summed E-state index contributed by atoms with van der Waals surface area (Å²) in [6.45, 7) is 6.73. The van der Waals surface area contributed by atoms with Gasteiger partial charge in [0.25, 0.3) is 5.91 Å². The predicted octanol–water partition coefficient (Wildman–Crippen LogP) is 3.88. The Bertz CT molecular complexity index is 775. The van der Waals surface area contributed by atoms with Gasteiger partial charge in [0.1, 0.15) is 11.9 Å². The quantitative estimate of drug-likeness (QED) is 0.807. The molecule has 142 valence electrons. The highest BCUT2D eigenvalue weighted by Crippen LogP contribution is 2.23. The highest BCUT2D eigenvalue weighted by atomic mass is 16.5. The molecule has 0 unspecified atom stereocenters. The minimum absolute atomic E-state index is 0.0911. The zero-order chi connectivity index (χ0) is 18.6. The summed E-state index contributed by atoms with van der Waals surface area (Å²) in [5.74, 6) is 1.01. The second-order valence-electron chi connectivity index (χ2n) is 7.75. The van der Waals surface area contributed by atoms with Crippen LogP contribution in [0.5, 0.6) is 5.75 Å². The highest BCUT2D eigenvalue weighted by molar-refractivity contribution is 5.94. The van der Waals surface area contributed by atoms with E-state index < -0.39 is 0 Å². The van der Waals surface area contributed by atoms with Crippen molar-refractivity contribution in [1.29, 1.82) is 0 Å². The van der Waals surface area contributed by atoms with Crippen LogP contribution in [0.15, 0.2) is 48.5 Å². The normalized spacial score (nSPS) is 18.2. The van der Waals surface area contributed by atoms with Gasteiger partial charge in [-0.25, -0.2) is 0 Å². The van der Waals surface area contributed by atoms with E-state index in [1.165, 1.54) is 37.9 Å². The summed E-state index contributed by atoms with van der Waals surface area (Å²) in [6, 6.07) is 16.2. The number of rotatable bonds is 5. The summed E-state index contributed by atoms with van der Waals surface area (Å²) in [4.78, 5) is 17.0. The van der Waals surface area contributed by atoms with E-state index in [9.17, 15) is 4.79 Å². The SMILES string of the molecule is Cc1ccccc1OC1CN(C(=O)c2ccc(CN3CCCCC3)cc2)C1. The molecule has 0 saturated carbocycles. The number of benzene rings is 2. The maximum absolute atomic E-state index is 12.7. The maximum Gasteiger partial charge on any atom is 0.254 e. The van der Waals surface area contributed by atoms with Gasteiger partial charge in [0.15, 0.2) is 0 Å². The van der Waals surface area contributed by atoms with E-state index in [0.29, 0.717) is 13.1 Å². The van der Waals surface area contributed by atoms with E-state index in [-0.39, 0.29) is 12.0 Å². The number of amides is 1. The van der Waals surface area contributed by atoms with E-state index in [2.05, 4.69) is 17.0 Å². The third-order valence-corrected chi connectivity index (χ3v) is 5.58. The van der Waals surface area contributed by atoms with Crippen LogP contribution in [0.2, 0.25) is 0 Å². The van der Waals surface area contributed by atoms with Crippen LogP contribution in [-0.4, -0.2) is 48.0 Å². The standard InChI is InChI=1S/C23H28N2O2/c1-18-7-3-4-8-22(18)27-21-16-25(17-21)23(26)20-11-9-19(10-12-20)15-24-13-5-2-6-14-24/h3-4,7-12,21H,2,5-6,13-17H2,1H3. The summed E-state index contributed by atoms with van der Waals surface area (Å²) in [5.41, 5.74) is 3.19. The monoisotopic (exact) mass is 364 g/mol. The minimum atomic E-state index is 0.0911. The molecule has 0 spiro atoms. The Labute approximate surface area is 161 Å². The van der Waals surface area contributed by atoms with Crippen molar-refractivity contribution in [3.8, 4) is 5.75 Å². The first-order chi connectivity index (χ1) is 13.2. The van der Waals surface area contributed by atoms with E-state index in [1.54, 1.807) is 0 Å². The molecule has 2 fully saturated rings. The molecule has 4 heteroatoms. The molecule has 0 radical (unpaired) electrons. The van der Waals surface area contributed by atoms with Crippen molar-refractivity contribution in [3.63, 3.8) is 0 Å². The molecule has 27 heavy (non-hydrogen) atoms. The number of likely N-dealkylation sites (tertiary alicyclic amines) is 2. The van der Waals surface area contributed by atoms with Crippen LogP contribution in [0.4, 0.5) is 0 Å². The van der Waals surface area contributed by atoms with Gasteiger partial charge in [-0.3, -0.25) is 9.69 Å². The molecule has 0 aromatic heterocycles. The Hall–Kier alpha value is -2.33. The van der Waals surface area contributed by atoms with E-state index in [0.717, 1.165) is 23.4 Å². The molecule has 0 N–H and O–H groups in total. The molecule has 2 aromatic carbocycles. The van der Waals surface area contributed by atoms with Crippen molar-refractivity contribution in [2.24, 2.45) is 0 Å². The molecule has 2 heterocycles. The minimum Gasteiger partial charge on any atom is -0.486 e. The third-order valence-electron chi connectivity index (χ3n) is 5.58. The Morgan fingerprint density at radius 3 is 2.41 bits per heavy atom. The van der Waals surface area contributed by atoms with E-state index in [1.807, 2.05) is 48.2 Å². The van der Waals surface area contributed by atoms with Crippen LogP contribution < -0.4 is 4.74 Å². The van der Waals surface area contributed by atoms with Crippen LogP contribution in [0.25, 0.3) is 0 Å². The fourth-order valence-electron chi connectivity index (χ4n) is 3.86. The first-order valence-electron chi connectivity index (χ1n) is 10.0. The molecule has 0 bridgehead atoms. The van der Waals surface area contributed by atoms with Crippen LogP contribution >= 0.6 is 0 Å². The zero-order valence-corrected chi connectivity index (χ0v) is 16.1.